The highest BCUT2D eigenvalue weighted by atomic mass is 19.2. The summed E-state index contributed by atoms with van der Waals surface area (Å²) in [5.74, 6) is -5.95. The van der Waals surface area contributed by atoms with E-state index in [1.54, 1.807) is 6.92 Å². The molecule has 3 heterocycles. The lowest BCUT2D eigenvalue weighted by Gasteiger charge is -2.37. The van der Waals surface area contributed by atoms with Gasteiger partial charge in [0.25, 0.3) is 11.8 Å². The van der Waals surface area contributed by atoms with Crippen molar-refractivity contribution in [2.45, 2.75) is 57.0 Å². The van der Waals surface area contributed by atoms with Gasteiger partial charge in [-0.1, -0.05) is 0 Å². The molecule has 2 aromatic rings. The summed E-state index contributed by atoms with van der Waals surface area (Å²) < 4.78 is 39.9. The second-order valence-electron chi connectivity index (χ2n) is 12.6. The molecule has 5 amide bonds. The summed E-state index contributed by atoms with van der Waals surface area (Å²) in [6.07, 6.45) is 1.50. The van der Waals surface area contributed by atoms with Gasteiger partial charge in [-0.25, -0.2) is 18.3 Å². The van der Waals surface area contributed by atoms with Crippen LogP contribution in [0, 0.1) is 17.6 Å². The molecule has 0 spiro atoms. The van der Waals surface area contributed by atoms with Gasteiger partial charge in [-0.05, 0) is 57.1 Å². The Morgan fingerprint density at radius 1 is 1.02 bits per heavy atom. The first kappa shape index (κ1) is 37.0. The fraction of sp³-hybridized carbons (Fsp3) is 0.545. The number of nitrogens with zero attached hydrogens (tertiary/aromatic N) is 5. The van der Waals surface area contributed by atoms with Crippen LogP contribution in [-0.2, 0) is 23.9 Å². The van der Waals surface area contributed by atoms with Crippen molar-refractivity contribution in [1.29, 1.82) is 0 Å². The van der Waals surface area contributed by atoms with Crippen molar-refractivity contribution in [3.05, 3.63) is 41.6 Å². The Kier molecular flexibility index (Phi) is 11.4. The van der Waals surface area contributed by atoms with E-state index in [1.165, 1.54) is 27.8 Å². The van der Waals surface area contributed by atoms with E-state index >= 15 is 0 Å². The second kappa shape index (κ2) is 15.7. The molecule has 51 heavy (non-hydrogen) atoms. The minimum absolute atomic E-state index is 0.0186. The van der Waals surface area contributed by atoms with Gasteiger partial charge in [-0.3, -0.25) is 24.0 Å². The first-order chi connectivity index (χ1) is 24.4. The molecule has 18 heteroatoms. The molecule has 2 saturated heterocycles. The summed E-state index contributed by atoms with van der Waals surface area (Å²) >= 11 is 0. The minimum Gasteiger partial charge on any atom is -0.481 e. The zero-order valence-corrected chi connectivity index (χ0v) is 28.4. The summed E-state index contributed by atoms with van der Waals surface area (Å²) in [6, 6.07) is 2.70. The number of rotatable bonds is 13. The number of ether oxygens (including phenoxy) is 2. The minimum atomic E-state index is -1.29. The van der Waals surface area contributed by atoms with Crippen molar-refractivity contribution in [3.8, 4) is 11.6 Å². The van der Waals surface area contributed by atoms with E-state index in [9.17, 15) is 42.7 Å². The SMILES string of the molecule is CCOC(=O)N1CCN(C(=O)[C@H](CCC(=O)O)NC(=O)c2cc(OCC(=O)N3CCC[C@@]3(C(=O)NC)C3CC3)n(-c3ccc(F)c(F)c3)n2)CC1. The van der Waals surface area contributed by atoms with Crippen LogP contribution < -0.4 is 15.4 Å². The highest BCUT2D eigenvalue weighted by Crippen LogP contribution is 2.49. The molecule has 3 fully saturated rings. The van der Waals surface area contributed by atoms with Crippen LogP contribution in [0.15, 0.2) is 24.3 Å². The van der Waals surface area contributed by atoms with Gasteiger partial charge in [0.05, 0.1) is 12.3 Å². The lowest BCUT2D eigenvalue weighted by molar-refractivity contribution is -0.147. The number of carboxylic acid groups (broad SMARTS) is 1. The zero-order chi connectivity index (χ0) is 36.9. The van der Waals surface area contributed by atoms with Crippen LogP contribution in [0.4, 0.5) is 13.6 Å². The van der Waals surface area contributed by atoms with Crippen molar-refractivity contribution in [2.24, 2.45) is 5.92 Å². The average molecular weight is 718 g/mol. The van der Waals surface area contributed by atoms with Gasteiger partial charge in [0.15, 0.2) is 23.9 Å². The molecule has 5 rings (SSSR count). The zero-order valence-electron chi connectivity index (χ0n) is 28.4. The molecule has 0 bridgehead atoms. The Hall–Kier alpha value is -5.29. The summed E-state index contributed by atoms with van der Waals surface area (Å²) in [5, 5.41) is 18.7. The number of carbonyl (C=O) groups is 6. The fourth-order valence-electron chi connectivity index (χ4n) is 6.71. The number of carbonyl (C=O) groups excluding carboxylic acids is 5. The Bertz CT molecular complexity index is 1680. The number of amides is 5. The number of halogens is 2. The number of nitrogens with one attached hydrogen (secondary N) is 2. The molecule has 0 radical (unpaired) electrons. The maximum atomic E-state index is 14.3. The van der Waals surface area contributed by atoms with Gasteiger partial charge in [0.1, 0.15) is 11.6 Å². The van der Waals surface area contributed by atoms with Crippen LogP contribution in [-0.4, -0.2) is 130 Å². The molecule has 2 aliphatic heterocycles. The van der Waals surface area contributed by atoms with Gasteiger partial charge in [0.2, 0.25) is 17.7 Å². The Morgan fingerprint density at radius 2 is 1.73 bits per heavy atom. The van der Waals surface area contributed by atoms with Gasteiger partial charge in [-0.2, -0.15) is 5.10 Å². The van der Waals surface area contributed by atoms with Crippen LogP contribution in [0.3, 0.4) is 0 Å². The number of hydrogen-bond acceptors (Lipinski definition) is 9. The van der Waals surface area contributed by atoms with Crippen LogP contribution >= 0.6 is 0 Å². The summed E-state index contributed by atoms with van der Waals surface area (Å²) in [5.41, 5.74) is -1.38. The van der Waals surface area contributed by atoms with E-state index in [1.807, 2.05) is 0 Å². The number of aliphatic carboxylic acids is 1. The highest BCUT2D eigenvalue weighted by molar-refractivity contribution is 5.97. The summed E-state index contributed by atoms with van der Waals surface area (Å²) in [6.45, 7) is 2.21. The van der Waals surface area contributed by atoms with E-state index in [4.69, 9.17) is 9.47 Å². The molecule has 276 valence electrons. The first-order valence-corrected chi connectivity index (χ1v) is 16.8. The lowest BCUT2D eigenvalue weighted by Crippen LogP contribution is -2.59. The second-order valence-corrected chi connectivity index (χ2v) is 12.6. The van der Waals surface area contributed by atoms with Crippen molar-refractivity contribution in [3.63, 3.8) is 0 Å². The standard InChI is InChI=1S/C33H41F2N7O9/c1-3-50-32(49)40-15-13-39(14-16-40)30(47)24(9-10-28(44)45)37-29(46)25-18-27(42(38-25)21-7-8-22(34)23(35)17-21)51-19-26(43)41-12-4-11-33(41,20-5-6-20)31(48)36-2/h7-8,17-18,20,24H,3-6,9-16,19H2,1-2H3,(H,36,48)(H,37,46)(H,44,45)/t24-,33-/m0/s1. The van der Waals surface area contributed by atoms with Gasteiger partial charge in [-0.15, -0.1) is 0 Å². The normalized spacial score (nSPS) is 19.3. The predicted octanol–water partition coefficient (Wildman–Crippen LogP) is 1.31. The Labute approximate surface area is 292 Å². The molecule has 1 aromatic carbocycles. The number of benzene rings is 1. The number of aromatic nitrogens is 2. The number of likely N-dealkylation sites (N-methyl/N-ethyl adjacent to an activating group) is 1. The fourth-order valence-corrected chi connectivity index (χ4v) is 6.71. The van der Waals surface area contributed by atoms with Crippen LogP contribution in [0.25, 0.3) is 5.69 Å². The van der Waals surface area contributed by atoms with E-state index in [-0.39, 0.29) is 68.3 Å². The first-order valence-electron chi connectivity index (χ1n) is 16.8. The third-order valence-corrected chi connectivity index (χ3v) is 9.36. The topological polar surface area (TPSA) is 193 Å². The number of carboxylic acids is 1. The average Bonchev–Trinajstić information content (AvgIpc) is 3.73. The maximum Gasteiger partial charge on any atom is 0.409 e. The Balaban J connectivity index is 1.35. The van der Waals surface area contributed by atoms with E-state index < -0.39 is 66.0 Å². The van der Waals surface area contributed by atoms with Crippen molar-refractivity contribution in [2.75, 3.05) is 53.0 Å². The monoisotopic (exact) mass is 717 g/mol. The molecular formula is C33H41F2N7O9. The predicted molar refractivity (Wildman–Crippen MR) is 173 cm³/mol. The largest absolute Gasteiger partial charge is 0.481 e. The van der Waals surface area contributed by atoms with Gasteiger partial charge >= 0.3 is 12.1 Å². The molecule has 1 aliphatic carbocycles. The van der Waals surface area contributed by atoms with Crippen molar-refractivity contribution >= 4 is 35.7 Å². The lowest BCUT2D eigenvalue weighted by atomic mass is 9.88. The quantitative estimate of drug-likeness (QED) is 0.272. The molecule has 0 unspecified atom stereocenters. The van der Waals surface area contributed by atoms with E-state index in [2.05, 4.69) is 15.7 Å². The molecule has 1 saturated carbocycles. The molecule has 16 nitrogen and oxygen atoms in total. The smallest absolute Gasteiger partial charge is 0.409 e. The van der Waals surface area contributed by atoms with Gasteiger partial charge in [0, 0.05) is 58.3 Å². The van der Waals surface area contributed by atoms with Crippen LogP contribution in [0.5, 0.6) is 5.88 Å². The maximum absolute atomic E-state index is 14.3. The number of likely N-dealkylation sites (tertiary alicyclic amines) is 1. The molecule has 3 N–H and O–H groups in total. The van der Waals surface area contributed by atoms with Crippen LogP contribution in [0.1, 0.15) is 55.9 Å². The van der Waals surface area contributed by atoms with Gasteiger partial charge < -0.3 is 39.9 Å². The highest BCUT2D eigenvalue weighted by Gasteiger charge is 2.58. The Morgan fingerprint density at radius 3 is 2.35 bits per heavy atom. The van der Waals surface area contributed by atoms with Crippen molar-refractivity contribution < 1.29 is 52.1 Å². The van der Waals surface area contributed by atoms with Crippen LogP contribution in [0.2, 0.25) is 0 Å². The molecule has 2 atom stereocenters. The number of piperazine rings is 1. The summed E-state index contributed by atoms with van der Waals surface area (Å²) in [4.78, 5) is 81.5. The molecular weight excluding hydrogens is 676 g/mol. The molecule has 3 aliphatic rings. The number of hydrogen-bond donors (Lipinski definition) is 3. The third kappa shape index (κ3) is 8.04. The molecule has 1 aromatic heterocycles. The van der Waals surface area contributed by atoms with Crippen molar-refractivity contribution in [1.82, 2.24) is 35.1 Å². The summed E-state index contributed by atoms with van der Waals surface area (Å²) in [7, 11) is 1.52. The third-order valence-electron chi connectivity index (χ3n) is 9.36. The van der Waals surface area contributed by atoms with E-state index in [0.29, 0.717) is 19.4 Å². The van der Waals surface area contributed by atoms with E-state index in [0.717, 1.165) is 35.7 Å².